The Morgan fingerprint density at radius 1 is 0.656 bits per heavy atom. The molecular formula is C49H52N8O7. The van der Waals surface area contributed by atoms with Crippen LogP contribution in [0.15, 0.2) is 116 Å². The highest BCUT2D eigenvalue weighted by Crippen LogP contribution is 2.39. The number of aromatic nitrogens is 4. The van der Waals surface area contributed by atoms with Crippen molar-refractivity contribution < 1.29 is 33.4 Å². The van der Waals surface area contributed by atoms with E-state index in [2.05, 4.69) is 20.6 Å². The molecule has 3 unspecified atom stereocenters. The van der Waals surface area contributed by atoms with Gasteiger partial charge in [-0.05, 0) is 72.6 Å². The Morgan fingerprint density at radius 3 is 1.78 bits per heavy atom. The van der Waals surface area contributed by atoms with E-state index < -0.39 is 24.3 Å². The fourth-order valence-electron chi connectivity index (χ4n) is 8.55. The molecule has 0 radical (unpaired) electrons. The van der Waals surface area contributed by atoms with E-state index in [1.807, 2.05) is 117 Å². The number of rotatable bonds is 13. The second-order valence-corrected chi connectivity index (χ2v) is 16.3. The van der Waals surface area contributed by atoms with Crippen LogP contribution in [0.4, 0.5) is 9.59 Å². The molecule has 0 saturated carbocycles. The van der Waals surface area contributed by atoms with Crippen LogP contribution in [-0.2, 0) is 19.1 Å². The highest BCUT2D eigenvalue weighted by atomic mass is 16.5. The average Bonchev–Trinajstić information content (AvgIpc) is 4.18. The first kappa shape index (κ1) is 43.2. The molecular weight excluding hydrogens is 813 g/mol. The minimum atomic E-state index is -0.903. The first-order chi connectivity index (χ1) is 31.1. The Kier molecular flexibility index (Phi) is 13.1. The highest BCUT2D eigenvalue weighted by Gasteiger charge is 2.39. The van der Waals surface area contributed by atoms with Crippen LogP contribution in [-0.4, -0.2) is 87.1 Å². The molecule has 4 aromatic carbocycles. The fraction of sp³-hybridized carbons (Fsp3) is 0.306. The van der Waals surface area contributed by atoms with Gasteiger partial charge in [-0.2, -0.15) is 0 Å². The number of methoxy groups -OCH3 is 2. The number of imidazole rings is 2. The number of carbonyl (C=O) groups is 4. The van der Waals surface area contributed by atoms with Crippen molar-refractivity contribution in [1.82, 2.24) is 40.4 Å². The van der Waals surface area contributed by atoms with Gasteiger partial charge in [0.25, 0.3) is 5.91 Å². The van der Waals surface area contributed by atoms with Crippen molar-refractivity contribution in [3.05, 3.63) is 133 Å². The van der Waals surface area contributed by atoms with Crippen molar-refractivity contribution in [2.24, 2.45) is 5.92 Å². The Labute approximate surface area is 371 Å². The molecule has 15 heteroatoms. The third kappa shape index (κ3) is 9.33. The van der Waals surface area contributed by atoms with Crippen molar-refractivity contribution in [3.63, 3.8) is 0 Å². The van der Waals surface area contributed by atoms with Crippen LogP contribution in [0.2, 0.25) is 0 Å². The third-order valence-corrected chi connectivity index (χ3v) is 11.9. The van der Waals surface area contributed by atoms with E-state index in [4.69, 9.17) is 24.2 Å². The predicted molar refractivity (Wildman–Crippen MR) is 240 cm³/mol. The van der Waals surface area contributed by atoms with Crippen LogP contribution >= 0.6 is 0 Å². The highest BCUT2D eigenvalue weighted by molar-refractivity contribution is 5.88. The molecule has 4 heterocycles. The first-order valence-electron chi connectivity index (χ1n) is 21.5. The molecule has 8 rings (SSSR count). The Morgan fingerprint density at radius 2 is 1.19 bits per heavy atom. The van der Waals surface area contributed by atoms with Gasteiger partial charge in [0, 0.05) is 24.2 Å². The molecule has 0 spiro atoms. The standard InChI is InChI=1S/C49H52N8O7/c1-30(2)42(54-48(60)62-3)46(58)56-25-11-17-39(56)45-51-29-38(53-45)34-23-24-36(41(27-34)64-35-15-9-6-10-16-35)31-19-21-32(22-20-31)37-28-50-44(52-37)40-18-12-26-57(40)47(59)43(55-49(61)63-4)33-13-7-5-8-14-33/h5-10,13-16,19-24,27-30,39-40,42-43H,11-12,17-18,25-26H2,1-4H3,(H,50,52)(H,51,53)(H,54,60)(H,55,61)/t39?,40?,42-,43?/m0/s1. The van der Waals surface area contributed by atoms with Crippen molar-refractivity contribution in [1.29, 1.82) is 0 Å². The SMILES string of the molecule is COC(=O)NC(C(=O)N1CCCC1c1ncc(-c2ccc(-c3ccc(-c4cnc(C5CCCN5C(=O)[C@@H](NC(=O)OC)C(C)C)[nH]4)cc3Oc3ccccc3)cc2)[nH]1)c1ccccc1. The van der Waals surface area contributed by atoms with Crippen LogP contribution < -0.4 is 15.4 Å². The summed E-state index contributed by atoms with van der Waals surface area (Å²) < 4.78 is 16.2. The van der Waals surface area contributed by atoms with Gasteiger partial charge < -0.3 is 44.6 Å². The normalized spacial score (nSPS) is 16.9. The second kappa shape index (κ2) is 19.3. The molecule has 6 aromatic rings. The lowest BCUT2D eigenvalue weighted by atomic mass is 10.00. The van der Waals surface area contributed by atoms with Gasteiger partial charge in [-0.3, -0.25) is 9.59 Å². The van der Waals surface area contributed by atoms with Gasteiger partial charge in [-0.15, -0.1) is 0 Å². The third-order valence-electron chi connectivity index (χ3n) is 11.9. The second-order valence-electron chi connectivity index (χ2n) is 16.3. The summed E-state index contributed by atoms with van der Waals surface area (Å²) >= 11 is 0. The summed E-state index contributed by atoms with van der Waals surface area (Å²) in [7, 11) is 2.56. The number of likely N-dealkylation sites (tertiary alicyclic amines) is 2. The fourth-order valence-corrected chi connectivity index (χ4v) is 8.55. The number of H-pyrrole nitrogens is 2. The Bertz CT molecular complexity index is 2580. The summed E-state index contributed by atoms with van der Waals surface area (Å²) in [5, 5.41) is 5.42. The molecule has 2 aromatic heterocycles. The van der Waals surface area contributed by atoms with Gasteiger partial charge in [-0.25, -0.2) is 19.6 Å². The number of alkyl carbamates (subject to hydrolysis) is 2. The number of ether oxygens (including phenoxy) is 3. The number of para-hydroxylation sites is 1. The summed E-state index contributed by atoms with van der Waals surface area (Å²) in [4.78, 5) is 72.1. The van der Waals surface area contributed by atoms with Crippen LogP contribution in [0.3, 0.4) is 0 Å². The molecule has 4 N–H and O–H groups in total. The van der Waals surface area contributed by atoms with E-state index in [9.17, 15) is 19.2 Å². The smallest absolute Gasteiger partial charge is 0.407 e. The molecule has 2 aliphatic heterocycles. The number of hydrogen-bond acceptors (Lipinski definition) is 9. The predicted octanol–water partition coefficient (Wildman–Crippen LogP) is 8.73. The number of nitrogens with one attached hydrogen (secondary N) is 4. The zero-order chi connectivity index (χ0) is 44.7. The first-order valence-corrected chi connectivity index (χ1v) is 21.5. The van der Waals surface area contributed by atoms with E-state index in [0.29, 0.717) is 41.8 Å². The van der Waals surface area contributed by atoms with Crippen LogP contribution in [0, 0.1) is 5.92 Å². The summed E-state index contributed by atoms with van der Waals surface area (Å²) in [6, 6.07) is 30.7. The Hall–Kier alpha value is -7.42. The molecule has 4 atom stereocenters. The molecule has 15 nitrogen and oxygen atoms in total. The van der Waals surface area contributed by atoms with Crippen molar-refractivity contribution in [2.45, 2.75) is 63.7 Å². The topological polar surface area (TPSA) is 184 Å². The molecule has 0 aliphatic carbocycles. The Balaban J connectivity index is 1.02. The number of benzene rings is 4. The van der Waals surface area contributed by atoms with E-state index >= 15 is 0 Å². The van der Waals surface area contributed by atoms with Gasteiger partial charge in [0.1, 0.15) is 35.2 Å². The molecule has 2 saturated heterocycles. The number of nitrogens with zero attached hydrogens (tertiary/aromatic N) is 4. The quantitative estimate of drug-likeness (QED) is 0.0882. The zero-order valence-electron chi connectivity index (χ0n) is 36.2. The summed E-state index contributed by atoms with van der Waals surface area (Å²) in [5.74, 6) is 2.14. The maximum atomic E-state index is 14.0. The minimum Gasteiger partial charge on any atom is -0.457 e. The van der Waals surface area contributed by atoms with Crippen molar-refractivity contribution >= 4 is 24.0 Å². The van der Waals surface area contributed by atoms with Crippen molar-refractivity contribution in [2.75, 3.05) is 27.3 Å². The van der Waals surface area contributed by atoms with E-state index in [0.717, 1.165) is 59.3 Å². The van der Waals surface area contributed by atoms with E-state index in [1.54, 1.807) is 22.2 Å². The molecule has 4 amide bonds. The van der Waals surface area contributed by atoms with Gasteiger partial charge >= 0.3 is 12.2 Å². The number of carbonyl (C=O) groups excluding carboxylic acids is 4. The van der Waals surface area contributed by atoms with Crippen LogP contribution in [0.1, 0.15) is 74.9 Å². The summed E-state index contributed by atoms with van der Waals surface area (Å²) in [6.45, 7) is 4.88. The summed E-state index contributed by atoms with van der Waals surface area (Å²) in [6.07, 6.45) is 5.31. The zero-order valence-corrected chi connectivity index (χ0v) is 36.2. The van der Waals surface area contributed by atoms with Crippen molar-refractivity contribution in [3.8, 4) is 45.1 Å². The minimum absolute atomic E-state index is 0.137. The lowest BCUT2D eigenvalue weighted by molar-refractivity contribution is -0.135. The average molecular weight is 865 g/mol. The van der Waals surface area contributed by atoms with Crippen LogP contribution in [0.5, 0.6) is 11.5 Å². The molecule has 330 valence electrons. The molecule has 2 fully saturated rings. The maximum absolute atomic E-state index is 14.0. The van der Waals surface area contributed by atoms with E-state index in [-0.39, 0.29) is 29.8 Å². The number of aromatic amines is 2. The van der Waals surface area contributed by atoms with Gasteiger partial charge in [0.15, 0.2) is 0 Å². The number of amides is 4. The number of hydrogen-bond donors (Lipinski definition) is 4. The maximum Gasteiger partial charge on any atom is 0.407 e. The van der Waals surface area contributed by atoms with Gasteiger partial charge in [0.05, 0.1) is 50.1 Å². The molecule has 64 heavy (non-hydrogen) atoms. The summed E-state index contributed by atoms with van der Waals surface area (Å²) in [5.41, 5.74) is 5.83. The monoisotopic (exact) mass is 864 g/mol. The largest absolute Gasteiger partial charge is 0.457 e. The molecule has 2 aliphatic rings. The lowest BCUT2D eigenvalue weighted by Gasteiger charge is -2.30. The molecule has 0 bridgehead atoms. The van der Waals surface area contributed by atoms with E-state index in [1.165, 1.54) is 14.2 Å². The van der Waals surface area contributed by atoms with Gasteiger partial charge in [-0.1, -0.05) is 92.7 Å². The van der Waals surface area contributed by atoms with Gasteiger partial charge in [0.2, 0.25) is 5.91 Å². The lowest BCUT2D eigenvalue weighted by Crippen LogP contribution is -2.51. The van der Waals surface area contributed by atoms with Crippen LogP contribution in [0.25, 0.3) is 33.6 Å².